The molecule has 106 valence electrons. The van der Waals surface area contributed by atoms with Crippen molar-refractivity contribution < 1.29 is 8.96 Å². The zero-order valence-corrected chi connectivity index (χ0v) is 12.9. The molecule has 0 saturated heterocycles. The van der Waals surface area contributed by atoms with Gasteiger partial charge in [0.05, 0.1) is 5.39 Å². The molecular formula is C19H19FN+. The number of aromatic nitrogens is 1. The van der Waals surface area contributed by atoms with Crippen molar-refractivity contribution in [2.45, 2.75) is 20.8 Å². The predicted molar refractivity (Wildman–Crippen MR) is 84.7 cm³/mol. The third-order valence-electron chi connectivity index (χ3n) is 4.23. The van der Waals surface area contributed by atoms with E-state index in [9.17, 15) is 4.39 Å². The molecule has 0 fully saturated rings. The molecule has 0 atom stereocenters. The summed E-state index contributed by atoms with van der Waals surface area (Å²) in [5.74, 6) is -0.151. The highest BCUT2D eigenvalue weighted by Crippen LogP contribution is 2.25. The molecule has 21 heavy (non-hydrogen) atoms. The molecule has 0 spiro atoms. The van der Waals surface area contributed by atoms with Gasteiger partial charge in [-0.1, -0.05) is 17.7 Å². The number of nitrogens with zero attached hydrogens (tertiary/aromatic N) is 1. The van der Waals surface area contributed by atoms with Gasteiger partial charge in [0, 0.05) is 17.7 Å². The van der Waals surface area contributed by atoms with Crippen molar-refractivity contribution in [3.05, 3.63) is 65.0 Å². The van der Waals surface area contributed by atoms with Gasteiger partial charge in [0.25, 0.3) is 0 Å². The van der Waals surface area contributed by atoms with Gasteiger partial charge >= 0.3 is 0 Å². The topological polar surface area (TPSA) is 3.88 Å². The Labute approximate surface area is 124 Å². The van der Waals surface area contributed by atoms with Crippen LogP contribution in [0.2, 0.25) is 0 Å². The molecule has 2 aromatic carbocycles. The molecule has 0 N–H and O–H groups in total. The molecule has 1 nitrogen and oxygen atoms in total. The van der Waals surface area contributed by atoms with Crippen molar-refractivity contribution in [3.63, 3.8) is 0 Å². The van der Waals surface area contributed by atoms with Crippen LogP contribution in [0, 0.1) is 26.6 Å². The Kier molecular flexibility index (Phi) is 3.25. The van der Waals surface area contributed by atoms with Crippen LogP contribution in [0.3, 0.4) is 0 Å². The number of halogens is 1. The maximum Gasteiger partial charge on any atom is 0.213 e. The van der Waals surface area contributed by atoms with E-state index >= 15 is 0 Å². The van der Waals surface area contributed by atoms with Gasteiger partial charge in [-0.15, -0.1) is 0 Å². The third-order valence-corrected chi connectivity index (χ3v) is 4.23. The first-order chi connectivity index (χ1) is 9.99. The first-order valence-corrected chi connectivity index (χ1v) is 7.14. The van der Waals surface area contributed by atoms with Gasteiger partial charge in [-0.2, -0.15) is 4.57 Å². The van der Waals surface area contributed by atoms with E-state index in [1.54, 1.807) is 6.07 Å². The lowest BCUT2D eigenvalue weighted by Gasteiger charge is -2.09. The van der Waals surface area contributed by atoms with E-state index in [1.807, 2.05) is 26.1 Å². The van der Waals surface area contributed by atoms with Crippen molar-refractivity contribution in [1.82, 2.24) is 0 Å². The van der Waals surface area contributed by atoms with Gasteiger partial charge in [0.2, 0.25) is 11.2 Å². The molecule has 1 heterocycles. The van der Waals surface area contributed by atoms with Crippen molar-refractivity contribution in [3.8, 4) is 11.3 Å². The summed E-state index contributed by atoms with van der Waals surface area (Å²) < 4.78 is 15.9. The second kappa shape index (κ2) is 4.96. The van der Waals surface area contributed by atoms with E-state index in [2.05, 4.69) is 42.7 Å². The molecule has 3 rings (SSSR count). The average molecular weight is 280 g/mol. The minimum atomic E-state index is -0.151. The lowest BCUT2D eigenvalue weighted by Crippen LogP contribution is -2.32. The van der Waals surface area contributed by atoms with Crippen LogP contribution in [0.4, 0.5) is 4.39 Å². The number of benzene rings is 2. The molecule has 0 saturated carbocycles. The predicted octanol–water partition coefficient (Wildman–Crippen LogP) is 4.40. The minimum Gasteiger partial charge on any atom is -0.207 e. The molecule has 0 radical (unpaired) electrons. The summed E-state index contributed by atoms with van der Waals surface area (Å²) >= 11 is 0. The Morgan fingerprint density at radius 3 is 2.43 bits per heavy atom. The van der Waals surface area contributed by atoms with Crippen LogP contribution in [0.15, 0.2) is 42.5 Å². The fraction of sp³-hybridized carbons (Fsp3) is 0.211. The van der Waals surface area contributed by atoms with Gasteiger partial charge in [0.15, 0.2) is 0 Å². The van der Waals surface area contributed by atoms with E-state index in [0.717, 1.165) is 16.6 Å². The SMILES string of the molecule is Cc1ccc(C)c(-c2ccc3c(C)c(F)ccc3[n+]2C)c1. The number of hydrogen-bond acceptors (Lipinski definition) is 0. The summed E-state index contributed by atoms with van der Waals surface area (Å²) in [6.45, 7) is 6.05. The summed E-state index contributed by atoms with van der Waals surface area (Å²) in [5.41, 5.74) is 6.61. The number of rotatable bonds is 1. The smallest absolute Gasteiger partial charge is 0.207 e. The van der Waals surface area contributed by atoms with Crippen LogP contribution in [-0.2, 0) is 7.05 Å². The number of aryl methyl sites for hydroxylation is 4. The van der Waals surface area contributed by atoms with Gasteiger partial charge in [0.1, 0.15) is 12.9 Å². The van der Waals surface area contributed by atoms with Crippen LogP contribution in [0.25, 0.3) is 22.2 Å². The highest BCUT2D eigenvalue weighted by molar-refractivity contribution is 5.81. The molecule has 3 aromatic rings. The fourth-order valence-electron chi connectivity index (χ4n) is 2.88. The summed E-state index contributed by atoms with van der Waals surface area (Å²) in [5, 5.41) is 0.964. The van der Waals surface area contributed by atoms with Gasteiger partial charge in [-0.3, -0.25) is 0 Å². The van der Waals surface area contributed by atoms with Gasteiger partial charge in [-0.25, -0.2) is 4.39 Å². The zero-order valence-electron chi connectivity index (χ0n) is 12.9. The molecule has 0 unspecified atom stereocenters. The summed E-state index contributed by atoms with van der Waals surface area (Å²) in [6.07, 6.45) is 0. The first-order valence-electron chi connectivity index (χ1n) is 7.14. The van der Waals surface area contributed by atoms with Crippen LogP contribution >= 0.6 is 0 Å². The Morgan fingerprint density at radius 2 is 1.67 bits per heavy atom. The Bertz CT molecular complexity index is 850. The second-order valence-electron chi connectivity index (χ2n) is 5.70. The summed E-state index contributed by atoms with van der Waals surface area (Å²) in [6, 6.07) is 14.0. The van der Waals surface area contributed by atoms with Crippen molar-refractivity contribution in [2.75, 3.05) is 0 Å². The van der Waals surface area contributed by atoms with Crippen molar-refractivity contribution >= 4 is 10.9 Å². The van der Waals surface area contributed by atoms with Gasteiger partial charge in [-0.05, 0) is 50.1 Å². The second-order valence-corrected chi connectivity index (χ2v) is 5.70. The largest absolute Gasteiger partial charge is 0.213 e. The standard InChI is InChI=1S/C19H19FN/c1-12-5-6-13(2)16(11-12)19-9-7-15-14(3)17(20)8-10-18(15)21(19)4/h5-11H,1-4H3/q+1. The van der Waals surface area contributed by atoms with E-state index in [1.165, 1.54) is 16.7 Å². The van der Waals surface area contributed by atoms with E-state index in [0.29, 0.717) is 5.56 Å². The summed E-state index contributed by atoms with van der Waals surface area (Å²) in [7, 11) is 2.04. The molecule has 2 heteroatoms. The van der Waals surface area contributed by atoms with Crippen molar-refractivity contribution in [2.24, 2.45) is 7.05 Å². The zero-order chi connectivity index (χ0) is 15.1. The number of hydrogen-bond donors (Lipinski definition) is 0. The lowest BCUT2D eigenvalue weighted by atomic mass is 10.0. The van der Waals surface area contributed by atoms with Gasteiger partial charge < -0.3 is 0 Å². The van der Waals surface area contributed by atoms with Crippen molar-refractivity contribution in [1.29, 1.82) is 0 Å². The Balaban J connectivity index is 2.33. The molecule has 0 aliphatic rings. The Hall–Kier alpha value is -2.22. The number of pyridine rings is 1. The van der Waals surface area contributed by atoms with E-state index in [-0.39, 0.29) is 5.82 Å². The summed E-state index contributed by atoms with van der Waals surface area (Å²) in [4.78, 5) is 0. The highest BCUT2D eigenvalue weighted by atomic mass is 19.1. The average Bonchev–Trinajstić information content (AvgIpc) is 2.46. The molecule has 1 aromatic heterocycles. The molecule has 0 aliphatic heterocycles. The quantitative estimate of drug-likeness (QED) is 0.582. The highest BCUT2D eigenvalue weighted by Gasteiger charge is 2.17. The van der Waals surface area contributed by atoms with E-state index in [4.69, 9.17) is 0 Å². The molecule has 0 bridgehead atoms. The lowest BCUT2D eigenvalue weighted by molar-refractivity contribution is -0.633. The molecular weight excluding hydrogens is 261 g/mol. The number of fused-ring (bicyclic) bond motifs is 1. The van der Waals surface area contributed by atoms with E-state index < -0.39 is 0 Å². The molecule has 0 aliphatic carbocycles. The normalized spacial score (nSPS) is 11.1. The maximum absolute atomic E-state index is 13.7. The molecule has 0 amide bonds. The first kappa shape index (κ1) is 13.7. The Morgan fingerprint density at radius 1 is 0.905 bits per heavy atom. The monoisotopic (exact) mass is 280 g/mol. The minimum absolute atomic E-state index is 0.151. The fourth-order valence-corrected chi connectivity index (χ4v) is 2.88. The van der Waals surface area contributed by atoms with Crippen LogP contribution in [0.5, 0.6) is 0 Å². The van der Waals surface area contributed by atoms with Crippen LogP contribution in [0.1, 0.15) is 16.7 Å². The van der Waals surface area contributed by atoms with Crippen LogP contribution < -0.4 is 4.57 Å². The third kappa shape index (κ3) is 2.21. The maximum atomic E-state index is 13.7. The van der Waals surface area contributed by atoms with Crippen LogP contribution in [-0.4, -0.2) is 0 Å².